The van der Waals surface area contributed by atoms with Crippen molar-refractivity contribution in [2.45, 2.75) is 27.2 Å². The Kier molecular flexibility index (Phi) is 3.02. The lowest BCUT2D eigenvalue weighted by Gasteiger charge is -2.27. The Morgan fingerprint density at radius 1 is 1.05 bits per heavy atom. The molecule has 0 fully saturated rings. The molecule has 0 saturated carbocycles. The van der Waals surface area contributed by atoms with E-state index in [0.717, 1.165) is 10.9 Å². The second-order valence-electron chi connectivity index (χ2n) is 5.76. The van der Waals surface area contributed by atoms with E-state index in [-0.39, 0.29) is 0 Å². The Morgan fingerprint density at radius 2 is 1.80 bits per heavy atom. The molecule has 20 heavy (non-hydrogen) atoms. The number of hydrogen-bond acceptors (Lipinski definition) is 0. The van der Waals surface area contributed by atoms with Crippen LogP contribution in [0.2, 0.25) is 0 Å². The molecule has 1 nitrogen and oxygen atoms in total. The fourth-order valence-corrected chi connectivity index (χ4v) is 3.26. The van der Waals surface area contributed by atoms with Crippen LogP contribution in [0.15, 0.2) is 54.4 Å². The molecule has 1 aliphatic heterocycles. The number of hydrogen-bond donors (Lipinski definition) is 0. The van der Waals surface area contributed by atoms with Crippen molar-refractivity contribution in [1.29, 1.82) is 0 Å². The van der Waals surface area contributed by atoms with E-state index in [4.69, 9.17) is 0 Å². The number of quaternary nitrogens is 1. The van der Waals surface area contributed by atoms with Gasteiger partial charge >= 0.3 is 0 Å². The van der Waals surface area contributed by atoms with Crippen LogP contribution in [0, 0.1) is 0 Å². The number of allylic oxidation sites excluding steroid dienone is 3. The van der Waals surface area contributed by atoms with Gasteiger partial charge in [-0.3, -0.25) is 0 Å². The largest absolute Gasteiger partial charge is 0.238 e. The van der Waals surface area contributed by atoms with Crippen LogP contribution in [0.4, 0.5) is 5.69 Å². The van der Waals surface area contributed by atoms with Crippen LogP contribution in [0.3, 0.4) is 0 Å². The van der Waals surface area contributed by atoms with Gasteiger partial charge in [-0.25, -0.2) is 4.48 Å². The third-order valence-corrected chi connectivity index (χ3v) is 4.66. The third kappa shape index (κ3) is 1.66. The van der Waals surface area contributed by atoms with Crippen molar-refractivity contribution in [2.24, 2.45) is 0 Å². The molecule has 0 aromatic heterocycles. The van der Waals surface area contributed by atoms with Gasteiger partial charge in [0.2, 0.25) is 0 Å². The van der Waals surface area contributed by atoms with Gasteiger partial charge in [0.05, 0.1) is 12.6 Å². The topological polar surface area (TPSA) is 0 Å². The Balaban J connectivity index is 2.35. The predicted molar refractivity (Wildman–Crippen MR) is 89.4 cm³/mol. The maximum atomic E-state index is 2.32. The molecule has 0 saturated heterocycles. The quantitative estimate of drug-likeness (QED) is 0.631. The molecule has 0 N–H and O–H groups in total. The predicted octanol–water partition coefficient (Wildman–Crippen LogP) is 5.47. The smallest absolute Gasteiger partial charge is 0.150 e. The Bertz CT molecular complexity index is 737. The zero-order valence-electron chi connectivity index (χ0n) is 12.8. The van der Waals surface area contributed by atoms with Crippen molar-refractivity contribution in [2.75, 3.05) is 7.05 Å². The van der Waals surface area contributed by atoms with Crippen molar-refractivity contribution in [3.8, 4) is 0 Å². The van der Waals surface area contributed by atoms with Crippen LogP contribution in [0.5, 0.6) is 0 Å². The van der Waals surface area contributed by atoms with Gasteiger partial charge in [-0.15, -0.1) is 0 Å². The number of nitrogens with zero attached hydrogens (tertiary/aromatic N) is 1. The number of benzene rings is 2. The van der Waals surface area contributed by atoms with Crippen molar-refractivity contribution < 1.29 is 0 Å². The first-order valence-corrected chi connectivity index (χ1v) is 7.34. The maximum Gasteiger partial charge on any atom is 0.150 e. The second-order valence-corrected chi connectivity index (χ2v) is 5.76. The first kappa shape index (κ1) is 13.1. The lowest BCUT2D eigenvalue weighted by Crippen LogP contribution is -2.34. The first-order valence-electron chi connectivity index (χ1n) is 7.34. The van der Waals surface area contributed by atoms with Gasteiger partial charge in [0.25, 0.3) is 0 Å². The fraction of sp³-hybridized carbons (Fsp3) is 0.263. The van der Waals surface area contributed by atoms with Gasteiger partial charge in [-0.1, -0.05) is 31.2 Å². The second kappa shape index (κ2) is 4.60. The van der Waals surface area contributed by atoms with Gasteiger partial charge in [0.15, 0.2) is 0 Å². The molecule has 2 aromatic rings. The zero-order valence-corrected chi connectivity index (χ0v) is 12.8. The Labute approximate surface area is 121 Å². The minimum Gasteiger partial charge on any atom is -0.238 e. The standard InChI is InChI=1S/C19H22N/c1-5-6-13-20(4)15(3)14(2)19-17-10-8-7-9-16(17)11-12-18(19)20/h6-13H,5H2,1-4H3/q+1. The molecular weight excluding hydrogens is 242 g/mol. The average Bonchev–Trinajstić information content (AvgIpc) is 2.68. The minimum absolute atomic E-state index is 0.805. The van der Waals surface area contributed by atoms with Crippen LogP contribution in [0.25, 0.3) is 16.3 Å². The Hall–Kier alpha value is -1.86. The lowest BCUT2D eigenvalue weighted by molar-refractivity contribution is 0.558. The van der Waals surface area contributed by atoms with E-state index in [2.05, 4.69) is 76.5 Å². The first-order chi connectivity index (χ1) is 9.59. The summed E-state index contributed by atoms with van der Waals surface area (Å²) in [6.07, 6.45) is 5.66. The summed E-state index contributed by atoms with van der Waals surface area (Å²) in [6.45, 7) is 6.69. The Morgan fingerprint density at radius 3 is 2.55 bits per heavy atom. The number of rotatable bonds is 2. The van der Waals surface area contributed by atoms with E-state index in [1.165, 1.54) is 33.3 Å². The molecule has 1 heterocycles. The van der Waals surface area contributed by atoms with Crippen LogP contribution < -0.4 is 4.48 Å². The van der Waals surface area contributed by atoms with E-state index >= 15 is 0 Å². The highest BCUT2D eigenvalue weighted by molar-refractivity contribution is 6.02. The van der Waals surface area contributed by atoms with Crippen LogP contribution >= 0.6 is 0 Å². The highest BCUT2D eigenvalue weighted by atomic mass is 15.3. The van der Waals surface area contributed by atoms with Crippen LogP contribution in [-0.4, -0.2) is 7.05 Å². The minimum atomic E-state index is 0.805. The molecular formula is C19H22N+. The molecule has 1 heteroatoms. The molecule has 0 amide bonds. The van der Waals surface area contributed by atoms with E-state index in [1.54, 1.807) is 0 Å². The van der Waals surface area contributed by atoms with Crippen molar-refractivity contribution in [1.82, 2.24) is 4.48 Å². The molecule has 1 unspecified atom stereocenters. The van der Waals surface area contributed by atoms with Crippen molar-refractivity contribution in [3.05, 3.63) is 59.9 Å². The normalized spacial score (nSPS) is 22.0. The SMILES string of the molecule is CCC=C[N+]1(C)C(C)=C(C)c2c1ccc1ccccc21. The van der Waals surface area contributed by atoms with E-state index in [0.29, 0.717) is 0 Å². The van der Waals surface area contributed by atoms with Crippen molar-refractivity contribution in [3.63, 3.8) is 0 Å². The molecule has 102 valence electrons. The van der Waals surface area contributed by atoms with Crippen LogP contribution in [-0.2, 0) is 0 Å². The third-order valence-electron chi connectivity index (χ3n) is 4.66. The summed E-state index contributed by atoms with van der Waals surface area (Å²) < 4.78 is 0.805. The molecule has 0 bridgehead atoms. The van der Waals surface area contributed by atoms with Gasteiger partial charge in [0.1, 0.15) is 17.6 Å². The summed E-state index contributed by atoms with van der Waals surface area (Å²) in [7, 11) is 2.28. The van der Waals surface area contributed by atoms with E-state index < -0.39 is 0 Å². The van der Waals surface area contributed by atoms with E-state index in [1.807, 2.05) is 0 Å². The fourth-order valence-electron chi connectivity index (χ4n) is 3.26. The molecule has 0 spiro atoms. The zero-order chi connectivity index (χ0) is 14.3. The molecule has 0 aliphatic carbocycles. The monoisotopic (exact) mass is 264 g/mol. The number of fused-ring (bicyclic) bond motifs is 3. The summed E-state index contributed by atoms with van der Waals surface area (Å²) in [5, 5.41) is 2.69. The van der Waals surface area contributed by atoms with Gasteiger partial charge < -0.3 is 0 Å². The maximum absolute atomic E-state index is 2.32. The summed E-state index contributed by atoms with van der Waals surface area (Å²) in [5.74, 6) is 0. The van der Waals surface area contributed by atoms with Gasteiger partial charge in [-0.05, 0) is 36.3 Å². The van der Waals surface area contributed by atoms with Gasteiger partial charge in [-0.2, -0.15) is 0 Å². The van der Waals surface area contributed by atoms with Gasteiger partial charge in [0, 0.05) is 18.6 Å². The molecule has 3 rings (SSSR count). The molecule has 1 atom stereocenters. The summed E-state index contributed by atoms with van der Waals surface area (Å²) in [4.78, 5) is 0. The average molecular weight is 264 g/mol. The molecule has 2 aromatic carbocycles. The highest BCUT2D eigenvalue weighted by Gasteiger charge is 2.37. The molecule has 0 radical (unpaired) electrons. The summed E-state index contributed by atoms with van der Waals surface area (Å²) in [5.41, 5.74) is 5.65. The summed E-state index contributed by atoms with van der Waals surface area (Å²) >= 11 is 0. The molecule has 1 aliphatic rings. The van der Waals surface area contributed by atoms with Crippen molar-refractivity contribution >= 4 is 22.0 Å². The van der Waals surface area contributed by atoms with E-state index in [9.17, 15) is 0 Å². The van der Waals surface area contributed by atoms with Crippen LogP contribution in [0.1, 0.15) is 32.8 Å². The lowest BCUT2D eigenvalue weighted by atomic mass is 9.99. The highest BCUT2D eigenvalue weighted by Crippen LogP contribution is 2.47. The summed E-state index contributed by atoms with van der Waals surface area (Å²) in [6, 6.07) is 13.2.